The molecule has 0 aliphatic carbocycles. The fourth-order valence-corrected chi connectivity index (χ4v) is 3.11. The van der Waals surface area contributed by atoms with Crippen molar-refractivity contribution in [1.29, 1.82) is 0 Å². The standard InChI is InChI=1S/C21H19BrN2O4/c1-2-27-19-11-10-15(12-17(19)22)21(26)24-23-20(25)13-28-18-9-5-7-14-6-3-4-8-16(14)18/h3-12H,2,13H2,1H3,(H,23,25)(H,24,26). The third-order valence-electron chi connectivity index (χ3n) is 3.92. The van der Waals surface area contributed by atoms with Crippen LogP contribution in [0.4, 0.5) is 0 Å². The van der Waals surface area contributed by atoms with Gasteiger partial charge in [0.1, 0.15) is 11.5 Å². The second kappa shape index (κ2) is 9.23. The number of fused-ring (bicyclic) bond motifs is 1. The number of hydrogen-bond acceptors (Lipinski definition) is 4. The predicted octanol–water partition coefficient (Wildman–Crippen LogP) is 3.84. The van der Waals surface area contributed by atoms with E-state index in [4.69, 9.17) is 9.47 Å². The molecule has 0 heterocycles. The summed E-state index contributed by atoms with van der Waals surface area (Å²) in [7, 11) is 0. The van der Waals surface area contributed by atoms with Crippen molar-refractivity contribution >= 4 is 38.5 Å². The van der Waals surface area contributed by atoms with Crippen LogP contribution in [0.15, 0.2) is 65.1 Å². The predicted molar refractivity (Wildman–Crippen MR) is 110 cm³/mol. The van der Waals surface area contributed by atoms with Crippen LogP contribution in [0.5, 0.6) is 11.5 Å². The highest BCUT2D eigenvalue weighted by atomic mass is 79.9. The molecule has 3 aromatic carbocycles. The van der Waals surface area contributed by atoms with Gasteiger partial charge in [-0.3, -0.25) is 20.4 Å². The zero-order valence-corrected chi connectivity index (χ0v) is 16.8. The van der Waals surface area contributed by atoms with Crippen LogP contribution >= 0.6 is 15.9 Å². The first-order valence-electron chi connectivity index (χ1n) is 8.70. The van der Waals surface area contributed by atoms with E-state index in [0.29, 0.717) is 28.1 Å². The zero-order valence-electron chi connectivity index (χ0n) is 15.2. The summed E-state index contributed by atoms with van der Waals surface area (Å²) < 4.78 is 11.7. The fourth-order valence-electron chi connectivity index (χ4n) is 2.61. The van der Waals surface area contributed by atoms with E-state index in [2.05, 4.69) is 26.8 Å². The minimum absolute atomic E-state index is 0.221. The van der Waals surface area contributed by atoms with Gasteiger partial charge in [-0.25, -0.2) is 0 Å². The Bertz CT molecular complexity index is 1000. The number of hydrazine groups is 1. The number of rotatable bonds is 6. The lowest BCUT2D eigenvalue weighted by atomic mass is 10.1. The molecule has 0 unspecified atom stereocenters. The van der Waals surface area contributed by atoms with Crippen molar-refractivity contribution in [1.82, 2.24) is 10.9 Å². The van der Waals surface area contributed by atoms with Gasteiger partial charge in [0.05, 0.1) is 11.1 Å². The summed E-state index contributed by atoms with van der Waals surface area (Å²) in [6.07, 6.45) is 0. The summed E-state index contributed by atoms with van der Waals surface area (Å²) in [5.74, 6) is 0.343. The number of nitrogens with one attached hydrogen (secondary N) is 2. The molecule has 2 amide bonds. The summed E-state index contributed by atoms with van der Waals surface area (Å²) >= 11 is 3.35. The lowest BCUT2D eigenvalue weighted by molar-refractivity contribution is -0.123. The topological polar surface area (TPSA) is 76.7 Å². The van der Waals surface area contributed by atoms with Crippen molar-refractivity contribution in [3.05, 3.63) is 70.7 Å². The van der Waals surface area contributed by atoms with E-state index < -0.39 is 11.8 Å². The van der Waals surface area contributed by atoms with Gasteiger partial charge < -0.3 is 9.47 Å². The highest BCUT2D eigenvalue weighted by Crippen LogP contribution is 2.26. The van der Waals surface area contributed by atoms with E-state index in [9.17, 15) is 9.59 Å². The van der Waals surface area contributed by atoms with Crippen LogP contribution in [0.25, 0.3) is 10.8 Å². The largest absolute Gasteiger partial charge is 0.493 e. The van der Waals surface area contributed by atoms with E-state index in [1.807, 2.05) is 43.3 Å². The first kappa shape index (κ1) is 19.7. The molecule has 0 bridgehead atoms. The van der Waals surface area contributed by atoms with E-state index >= 15 is 0 Å². The Hall–Kier alpha value is -3.06. The highest BCUT2D eigenvalue weighted by Gasteiger charge is 2.11. The molecule has 0 saturated carbocycles. The summed E-state index contributed by atoms with van der Waals surface area (Å²) in [5.41, 5.74) is 5.10. The number of hydrogen-bond donors (Lipinski definition) is 2. The second-order valence-electron chi connectivity index (χ2n) is 5.85. The molecular formula is C21H19BrN2O4. The van der Waals surface area contributed by atoms with Crippen LogP contribution in [0.1, 0.15) is 17.3 Å². The second-order valence-corrected chi connectivity index (χ2v) is 6.70. The van der Waals surface area contributed by atoms with Crippen molar-refractivity contribution in [2.24, 2.45) is 0 Å². The van der Waals surface area contributed by atoms with Crippen molar-refractivity contribution in [3.63, 3.8) is 0 Å². The Kier molecular flexibility index (Phi) is 6.49. The van der Waals surface area contributed by atoms with Crippen molar-refractivity contribution in [3.8, 4) is 11.5 Å². The van der Waals surface area contributed by atoms with Crippen molar-refractivity contribution in [2.75, 3.05) is 13.2 Å². The van der Waals surface area contributed by atoms with E-state index in [-0.39, 0.29) is 6.61 Å². The number of benzene rings is 3. The average molecular weight is 443 g/mol. The molecule has 0 spiro atoms. The molecule has 0 atom stereocenters. The van der Waals surface area contributed by atoms with Crippen LogP contribution in [0.3, 0.4) is 0 Å². The molecule has 0 saturated heterocycles. The summed E-state index contributed by atoms with van der Waals surface area (Å²) in [5, 5.41) is 1.94. The van der Waals surface area contributed by atoms with Gasteiger partial charge in [0.25, 0.3) is 11.8 Å². The minimum Gasteiger partial charge on any atom is -0.493 e. The number of carbonyl (C=O) groups is 2. The Morgan fingerprint density at radius 3 is 2.50 bits per heavy atom. The summed E-state index contributed by atoms with van der Waals surface area (Å²) in [6, 6.07) is 18.3. The van der Waals surface area contributed by atoms with Crippen molar-refractivity contribution < 1.29 is 19.1 Å². The number of halogens is 1. The van der Waals surface area contributed by atoms with E-state index in [1.165, 1.54) is 0 Å². The summed E-state index contributed by atoms with van der Waals surface area (Å²) in [6.45, 7) is 2.18. The molecule has 144 valence electrons. The lowest BCUT2D eigenvalue weighted by Crippen LogP contribution is -2.43. The zero-order chi connectivity index (χ0) is 19.9. The first-order valence-corrected chi connectivity index (χ1v) is 9.50. The molecule has 2 N–H and O–H groups in total. The third-order valence-corrected chi connectivity index (χ3v) is 4.54. The Morgan fingerprint density at radius 1 is 0.929 bits per heavy atom. The van der Waals surface area contributed by atoms with Crippen LogP contribution in [0.2, 0.25) is 0 Å². The summed E-state index contributed by atoms with van der Waals surface area (Å²) in [4.78, 5) is 24.2. The molecule has 7 heteroatoms. The Balaban J connectivity index is 1.54. The molecule has 0 aromatic heterocycles. The number of carbonyl (C=O) groups excluding carboxylic acids is 2. The third kappa shape index (κ3) is 4.80. The van der Waals surface area contributed by atoms with Gasteiger partial charge in [-0.2, -0.15) is 0 Å². The van der Waals surface area contributed by atoms with Gasteiger partial charge in [0, 0.05) is 10.9 Å². The Morgan fingerprint density at radius 2 is 1.71 bits per heavy atom. The first-order chi connectivity index (χ1) is 13.6. The monoisotopic (exact) mass is 442 g/mol. The fraction of sp³-hybridized carbons (Fsp3) is 0.143. The minimum atomic E-state index is -0.466. The van der Waals surface area contributed by atoms with Gasteiger partial charge in [0.15, 0.2) is 6.61 Å². The molecule has 28 heavy (non-hydrogen) atoms. The lowest BCUT2D eigenvalue weighted by Gasteiger charge is -2.11. The van der Waals surface area contributed by atoms with Gasteiger partial charge in [-0.1, -0.05) is 36.4 Å². The maximum absolute atomic E-state index is 12.2. The normalized spacial score (nSPS) is 10.4. The van der Waals surface area contributed by atoms with Gasteiger partial charge in [0.2, 0.25) is 0 Å². The number of ether oxygens (including phenoxy) is 2. The molecule has 3 rings (SSSR count). The maximum atomic E-state index is 12.2. The van der Waals surface area contributed by atoms with Gasteiger partial charge >= 0.3 is 0 Å². The number of amides is 2. The maximum Gasteiger partial charge on any atom is 0.276 e. The van der Waals surface area contributed by atoms with Gasteiger partial charge in [-0.05, 0) is 52.5 Å². The van der Waals surface area contributed by atoms with Crippen LogP contribution in [0, 0.1) is 0 Å². The van der Waals surface area contributed by atoms with E-state index in [0.717, 1.165) is 10.8 Å². The van der Waals surface area contributed by atoms with Crippen LogP contribution < -0.4 is 20.3 Å². The SMILES string of the molecule is CCOc1ccc(C(=O)NNC(=O)COc2cccc3ccccc23)cc1Br. The van der Waals surface area contributed by atoms with Gasteiger partial charge in [-0.15, -0.1) is 0 Å². The van der Waals surface area contributed by atoms with Crippen molar-refractivity contribution in [2.45, 2.75) is 6.92 Å². The van der Waals surface area contributed by atoms with E-state index in [1.54, 1.807) is 24.3 Å². The molecular weight excluding hydrogens is 424 g/mol. The molecule has 3 aromatic rings. The quantitative estimate of drug-likeness (QED) is 0.568. The highest BCUT2D eigenvalue weighted by molar-refractivity contribution is 9.10. The van der Waals surface area contributed by atoms with Crippen LogP contribution in [-0.4, -0.2) is 25.0 Å². The average Bonchev–Trinajstić information content (AvgIpc) is 2.72. The molecule has 0 aliphatic rings. The molecule has 0 aliphatic heterocycles. The van der Waals surface area contributed by atoms with Crippen LogP contribution in [-0.2, 0) is 4.79 Å². The molecule has 6 nitrogen and oxygen atoms in total. The smallest absolute Gasteiger partial charge is 0.276 e. The molecule has 0 fully saturated rings. The Labute approximate surface area is 170 Å². The molecule has 0 radical (unpaired) electrons.